The van der Waals surface area contributed by atoms with Crippen molar-refractivity contribution in [1.29, 1.82) is 0 Å². The maximum Gasteiger partial charge on any atom is 0.254 e. The van der Waals surface area contributed by atoms with Crippen LogP contribution >= 0.6 is 0 Å². The van der Waals surface area contributed by atoms with Gasteiger partial charge in [-0.15, -0.1) is 0 Å². The fourth-order valence-electron chi connectivity index (χ4n) is 2.34. The van der Waals surface area contributed by atoms with E-state index in [-0.39, 0.29) is 5.91 Å². The smallest absolute Gasteiger partial charge is 0.254 e. The van der Waals surface area contributed by atoms with Gasteiger partial charge in [-0.05, 0) is 12.8 Å². The Morgan fingerprint density at radius 1 is 1.19 bits per heavy atom. The van der Waals surface area contributed by atoms with Crippen molar-refractivity contribution in [3.63, 3.8) is 0 Å². The van der Waals surface area contributed by atoms with E-state index in [0.29, 0.717) is 13.2 Å². The largest absolute Gasteiger partial charge is 0.379 e. The van der Waals surface area contributed by atoms with E-state index in [2.05, 4.69) is 5.43 Å². The Morgan fingerprint density at radius 2 is 1.81 bits per heavy atom. The normalized spacial score (nSPS) is 26.3. The van der Waals surface area contributed by atoms with Crippen molar-refractivity contribution in [2.75, 3.05) is 26.3 Å². The molecule has 16 heavy (non-hydrogen) atoms. The Morgan fingerprint density at radius 3 is 2.44 bits per heavy atom. The first-order chi connectivity index (χ1) is 7.71. The number of hydrogen-bond donors (Lipinski definition) is 2. The summed E-state index contributed by atoms with van der Waals surface area (Å²) in [6.07, 6.45) is 4.94. The molecule has 1 saturated carbocycles. The fraction of sp³-hybridized carbons (Fsp3) is 0.909. The average molecular weight is 227 g/mol. The maximum absolute atomic E-state index is 12.1. The highest BCUT2D eigenvalue weighted by Gasteiger charge is 2.36. The van der Waals surface area contributed by atoms with Gasteiger partial charge in [-0.25, -0.2) is 5.01 Å². The van der Waals surface area contributed by atoms with Crippen LogP contribution in [0, 0.1) is 0 Å². The Balaban J connectivity index is 1.85. The fourth-order valence-corrected chi connectivity index (χ4v) is 2.34. The summed E-state index contributed by atoms with van der Waals surface area (Å²) in [5.41, 5.74) is 8.43. The van der Waals surface area contributed by atoms with Gasteiger partial charge in [0.1, 0.15) is 0 Å². The van der Waals surface area contributed by atoms with E-state index in [9.17, 15) is 4.79 Å². The molecule has 1 aliphatic carbocycles. The van der Waals surface area contributed by atoms with Gasteiger partial charge in [-0.2, -0.15) is 0 Å². The Hall–Kier alpha value is -0.650. The van der Waals surface area contributed by atoms with E-state index >= 15 is 0 Å². The van der Waals surface area contributed by atoms with Gasteiger partial charge in [-0.3, -0.25) is 10.2 Å². The number of nitrogens with two attached hydrogens (primary N) is 1. The molecule has 0 aromatic carbocycles. The first kappa shape index (κ1) is 11.8. The molecular weight excluding hydrogens is 206 g/mol. The zero-order chi connectivity index (χ0) is 11.4. The lowest BCUT2D eigenvalue weighted by molar-refractivity contribution is -0.134. The molecule has 0 unspecified atom stereocenters. The molecule has 0 bridgehead atoms. The van der Waals surface area contributed by atoms with Crippen LogP contribution < -0.4 is 11.2 Å². The average Bonchev–Trinajstić information content (AvgIpc) is 2.31. The van der Waals surface area contributed by atoms with Crippen LogP contribution in [0.2, 0.25) is 0 Å². The molecule has 0 aromatic heterocycles. The molecule has 3 N–H and O–H groups in total. The quantitative estimate of drug-likeness (QED) is 0.697. The SMILES string of the molecule is NC1(C(=O)NN2CCOCC2)CCCCC1. The number of hydrogen-bond acceptors (Lipinski definition) is 4. The van der Waals surface area contributed by atoms with Gasteiger partial charge in [0.15, 0.2) is 0 Å². The number of morpholine rings is 1. The minimum atomic E-state index is -0.642. The van der Waals surface area contributed by atoms with Crippen LogP contribution in [0.1, 0.15) is 32.1 Å². The molecule has 0 atom stereocenters. The van der Waals surface area contributed by atoms with Crippen molar-refractivity contribution in [3.8, 4) is 0 Å². The summed E-state index contributed by atoms with van der Waals surface area (Å²) >= 11 is 0. The molecule has 92 valence electrons. The lowest BCUT2D eigenvalue weighted by Gasteiger charge is -2.35. The van der Waals surface area contributed by atoms with Crippen LogP contribution in [0.15, 0.2) is 0 Å². The van der Waals surface area contributed by atoms with Crippen LogP contribution in [-0.2, 0) is 9.53 Å². The number of ether oxygens (including phenoxy) is 1. The molecule has 1 aliphatic heterocycles. The molecule has 0 spiro atoms. The van der Waals surface area contributed by atoms with Crippen LogP contribution in [0.5, 0.6) is 0 Å². The minimum absolute atomic E-state index is 0.0194. The Bertz CT molecular complexity index is 246. The standard InChI is InChI=1S/C11H21N3O2/c12-11(4-2-1-3-5-11)10(15)13-14-6-8-16-9-7-14/h1-9,12H2,(H,13,15). The van der Waals surface area contributed by atoms with Crippen LogP contribution in [-0.4, -0.2) is 42.8 Å². The molecule has 0 aromatic rings. The summed E-state index contributed by atoms with van der Waals surface area (Å²) in [6.45, 7) is 2.86. The molecule has 2 rings (SSSR count). The number of carbonyl (C=O) groups is 1. The molecule has 1 amide bonds. The van der Waals surface area contributed by atoms with Crippen molar-refractivity contribution in [2.45, 2.75) is 37.6 Å². The predicted octanol–water partition coefficient (Wildman–Crippen LogP) is 0.0114. The number of amides is 1. The lowest BCUT2D eigenvalue weighted by Crippen LogP contribution is -2.60. The number of nitrogens with one attached hydrogen (secondary N) is 1. The lowest BCUT2D eigenvalue weighted by atomic mass is 9.82. The third kappa shape index (κ3) is 2.72. The summed E-state index contributed by atoms with van der Waals surface area (Å²) in [5.74, 6) is -0.0194. The molecule has 2 fully saturated rings. The van der Waals surface area contributed by atoms with Gasteiger partial charge < -0.3 is 10.5 Å². The first-order valence-electron chi connectivity index (χ1n) is 6.13. The van der Waals surface area contributed by atoms with Crippen molar-refractivity contribution in [3.05, 3.63) is 0 Å². The Kier molecular flexibility index (Phi) is 3.78. The van der Waals surface area contributed by atoms with Gasteiger partial charge >= 0.3 is 0 Å². The second-order valence-electron chi connectivity index (χ2n) is 4.76. The topological polar surface area (TPSA) is 67.6 Å². The van der Waals surface area contributed by atoms with Gasteiger partial charge in [-0.1, -0.05) is 19.3 Å². The molecule has 5 nitrogen and oxygen atoms in total. The third-order valence-electron chi connectivity index (χ3n) is 3.47. The van der Waals surface area contributed by atoms with E-state index in [1.54, 1.807) is 0 Å². The van der Waals surface area contributed by atoms with Crippen molar-refractivity contribution < 1.29 is 9.53 Å². The zero-order valence-electron chi connectivity index (χ0n) is 9.71. The van der Waals surface area contributed by atoms with Gasteiger partial charge in [0.25, 0.3) is 5.91 Å². The monoisotopic (exact) mass is 227 g/mol. The molecule has 1 heterocycles. The second-order valence-corrected chi connectivity index (χ2v) is 4.76. The number of hydrazine groups is 1. The van der Waals surface area contributed by atoms with Gasteiger partial charge in [0, 0.05) is 13.1 Å². The second kappa shape index (κ2) is 5.12. The first-order valence-corrected chi connectivity index (χ1v) is 6.13. The van der Waals surface area contributed by atoms with Crippen LogP contribution in [0.25, 0.3) is 0 Å². The number of carbonyl (C=O) groups excluding carboxylic acids is 1. The van der Waals surface area contributed by atoms with Crippen molar-refractivity contribution in [2.24, 2.45) is 5.73 Å². The van der Waals surface area contributed by atoms with E-state index in [1.807, 2.05) is 5.01 Å². The maximum atomic E-state index is 12.1. The van der Waals surface area contributed by atoms with Gasteiger partial charge in [0.05, 0.1) is 18.8 Å². The van der Waals surface area contributed by atoms with E-state index in [0.717, 1.165) is 38.8 Å². The molecule has 0 radical (unpaired) electrons. The van der Waals surface area contributed by atoms with Gasteiger partial charge in [0.2, 0.25) is 0 Å². The highest BCUT2D eigenvalue weighted by atomic mass is 16.5. The third-order valence-corrected chi connectivity index (χ3v) is 3.47. The van der Waals surface area contributed by atoms with Crippen LogP contribution in [0.4, 0.5) is 0 Å². The summed E-state index contributed by atoms with van der Waals surface area (Å²) in [6, 6.07) is 0. The van der Waals surface area contributed by atoms with E-state index in [1.165, 1.54) is 6.42 Å². The molecule has 1 saturated heterocycles. The van der Waals surface area contributed by atoms with Crippen molar-refractivity contribution in [1.82, 2.24) is 10.4 Å². The summed E-state index contributed by atoms with van der Waals surface area (Å²) < 4.78 is 5.23. The van der Waals surface area contributed by atoms with E-state index < -0.39 is 5.54 Å². The number of rotatable bonds is 2. The highest BCUT2D eigenvalue weighted by molar-refractivity contribution is 5.85. The zero-order valence-corrected chi connectivity index (χ0v) is 9.71. The summed E-state index contributed by atoms with van der Waals surface area (Å²) in [5, 5.41) is 1.91. The Labute approximate surface area is 96.3 Å². The van der Waals surface area contributed by atoms with Crippen LogP contribution in [0.3, 0.4) is 0 Å². The summed E-state index contributed by atoms with van der Waals surface area (Å²) in [4.78, 5) is 12.1. The molecule has 5 heteroatoms. The minimum Gasteiger partial charge on any atom is -0.379 e. The predicted molar refractivity (Wildman–Crippen MR) is 60.5 cm³/mol. The van der Waals surface area contributed by atoms with Crippen molar-refractivity contribution >= 4 is 5.91 Å². The summed E-state index contributed by atoms with van der Waals surface area (Å²) in [7, 11) is 0. The molecular formula is C11H21N3O2. The van der Waals surface area contributed by atoms with E-state index in [4.69, 9.17) is 10.5 Å². The highest BCUT2D eigenvalue weighted by Crippen LogP contribution is 2.26. The molecule has 2 aliphatic rings. The number of nitrogens with zero attached hydrogens (tertiary/aromatic N) is 1.